The van der Waals surface area contributed by atoms with Crippen molar-refractivity contribution < 1.29 is 19.1 Å². The first-order valence-electron chi connectivity index (χ1n) is 9.28. The van der Waals surface area contributed by atoms with E-state index in [1.165, 1.54) is 0 Å². The molecule has 1 rings (SSSR count). The molecule has 6 nitrogen and oxygen atoms in total. The van der Waals surface area contributed by atoms with E-state index in [-0.39, 0.29) is 23.7 Å². The predicted octanol–water partition coefficient (Wildman–Crippen LogP) is 2.26. The third kappa shape index (κ3) is 6.49. The van der Waals surface area contributed by atoms with E-state index in [2.05, 4.69) is 5.32 Å². The Labute approximate surface area is 145 Å². The van der Waals surface area contributed by atoms with Gasteiger partial charge in [-0.2, -0.15) is 0 Å². The molecule has 6 heteroatoms. The molecule has 1 unspecified atom stereocenters. The van der Waals surface area contributed by atoms with Gasteiger partial charge >= 0.3 is 5.97 Å². The van der Waals surface area contributed by atoms with Crippen LogP contribution in [0, 0.1) is 5.92 Å². The Bertz CT molecular complexity index is 417. The monoisotopic (exact) mass is 340 g/mol. The first-order valence-corrected chi connectivity index (χ1v) is 9.28. The number of hydrogen-bond acceptors (Lipinski definition) is 4. The fourth-order valence-electron chi connectivity index (χ4n) is 2.97. The summed E-state index contributed by atoms with van der Waals surface area (Å²) in [6, 6.07) is -0.446. The Kier molecular flexibility index (Phi) is 9.42. The quantitative estimate of drug-likeness (QED) is 0.653. The van der Waals surface area contributed by atoms with Crippen LogP contribution >= 0.6 is 0 Å². The molecule has 1 atom stereocenters. The van der Waals surface area contributed by atoms with Crippen LogP contribution < -0.4 is 5.32 Å². The number of nitrogens with one attached hydrogen (secondary N) is 1. The van der Waals surface area contributed by atoms with Gasteiger partial charge in [0.05, 0.1) is 12.5 Å². The van der Waals surface area contributed by atoms with E-state index in [1.54, 1.807) is 11.8 Å². The summed E-state index contributed by atoms with van der Waals surface area (Å²) in [4.78, 5) is 38.2. The lowest BCUT2D eigenvalue weighted by Gasteiger charge is -2.33. The van der Waals surface area contributed by atoms with E-state index in [0.29, 0.717) is 45.4 Å². The van der Waals surface area contributed by atoms with Gasteiger partial charge < -0.3 is 15.0 Å². The molecule has 1 saturated heterocycles. The molecule has 1 N–H and O–H groups in total. The number of nitrogens with zero attached hydrogens (tertiary/aromatic N) is 1. The van der Waals surface area contributed by atoms with E-state index in [0.717, 1.165) is 19.3 Å². The number of unbranched alkanes of at least 4 members (excludes halogenated alkanes) is 1. The number of likely N-dealkylation sites (tertiary alicyclic amines) is 1. The summed E-state index contributed by atoms with van der Waals surface area (Å²) in [5.41, 5.74) is 0. The van der Waals surface area contributed by atoms with Crippen molar-refractivity contribution in [3.63, 3.8) is 0 Å². The standard InChI is InChI=1S/C18H32N2O4/c1-4-7-9-16(21)19-15(8-5-2)17(22)20-12-10-14(11-13-20)18(23)24-6-3/h14-15H,4-13H2,1-3H3,(H,19,21). The van der Waals surface area contributed by atoms with Crippen molar-refractivity contribution in [3.05, 3.63) is 0 Å². The maximum absolute atomic E-state index is 12.7. The molecule has 0 saturated carbocycles. The van der Waals surface area contributed by atoms with Crippen molar-refractivity contribution >= 4 is 17.8 Å². The topological polar surface area (TPSA) is 75.7 Å². The van der Waals surface area contributed by atoms with Crippen LogP contribution in [-0.2, 0) is 19.1 Å². The number of piperidine rings is 1. The third-order valence-corrected chi connectivity index (χ3v) is 4.39. The molecule has 1 aliphatic heterocycles. The number of carbonyl (C=O) groups excluding carboxylic acids is 3. The van der Waals surface area contributed by atoms with E-state index < -0.39 is 6.04 Å². The molecule has 0 radical (unpaired) electrons. The normalized spacial score (nSPS) is 16.5. The molecule has 2 amide bonds. The summed E-state index contributed by atoms with van der Waals surface area (Å²) < 4.78 is 5.05. The van der Waals surface area contributed by atoms with Gasteiger partial charge in [-0.15, -0.1) is 0 Å². The minimum Gasteiger partial charge on any atom is -0.466 e. The molecule has 24 heavy (non-hydrogen) atoms. The molecule has 0 aromatic heterocycles. The van der Waals surface area contributed by atoms with Gasteiger partial charge in [0, 0.05) is 19.5 Å². The zero-order valence-corrected chi connectivity index (χ0v) is 15.3. The van der Waals surface area contributed by atoms with Crippen LogP contribution in [-0.4, -0.2) is 48.4 Å². The van der Waals surface area contributed by atoms with Gasteiger partial charge in [-0.1, -0.05) is 26.7 Å². The lowest BCUT2D eigenvalue weighted by atomic mass is 9.96. The van der Waals surface area contributed by atoms with Crippen LogP contribution in [0.4, 0.5) is 0 Å². The summed E-state index contributed by atoms with van der Waals surface area (Å²) in [6.45, 7) is 7.33. The SMILES string of the molecule is CCCCC(=O)NC(CCC)C(=O)N1CCC(C(=O)OCC)CC1. The minimum atomic E-state index is -0.446. The zero-order chi connectivity index (χ0) is 17.9. The van der Waals surface area contributed by atoms with E-state index in [1.807, 2.05) is 13.8 Å². The number of carbonyl (C=O) groups is 3. The largest absolute Gasteiger partial charge is 0.466 e. The van der Waals surface area contributed by atoms with Crippen molar-refractivity contribution in [1.82, 2.24) is 10.2 Å². The maximum atomic E-state index is 12.7. The van der Waals surface area contributed by atoms with Crippen molar-refractivity contribution in [2.24, 2.45) is 5.92 Å². The van der Waals surface area contributed by atoms with Crippen LogP contribution in [0.25, 0.3) is 0 Å². The van der Waals surface area contributed by atoms with E-state index in [4.69, 9.17) is 4.74 Å². The molecular weight excluding hydrogens is 308 g/mol. The van der Waals surface area contributed by atoms with Gasteiger partial charge in [0.15, 0.2) is 0 Å². The van der Waals surface area contributed by atoms with Gasteiger partial charge in [0.25, 0.3) is 0 Å². The predicted molar refractivity (Wildman–Crippen MR) is 92.3 cm³/mol. The molecule has 138 valence electrons. The molecular formula is C18H32N2O4. The average Bonchev–Trinajstić information content (AvgIpc) is 2.59. The summed E-state index contributed by atoms with van der Waals surface area (Å²) >= 11 is 0. The Morgan fingerprint density at radius 3 is 2.33 bits per heavy atom. The number of hydrogen-bond donors (Lipinski definition) is 1. The Morgan fingerprint density at radius 1 is 1.12 bits per heavy atom. The number of rotatable bonds is 9. The van der Waals surface area contributed by atoms with E-state index >= 15 is 0 Å². The second kappa shape index (κ2) is 11.0. The number of esters is 1. The highest BCUT2D eigenvalue weighted by Crippen LogP contribution is 2.20. The highest BCUT2D eigenvalue weighted by atomic mass is 16.5. The fourth-order valence-corrected chi connectivity index (χ4v) is 2.97. The molecule has 1 aliphatic rings. The van der Waals surface area contributed by atoms with Crippen molar-refractivity contribution in [3.8, 4) is 0 Å². The molecule has 1 fully saturated rings. The van der Waals surface area contributed by atoms with Crippen LogP contribution in [0.1, 0.15) is 65.7 Å². The first-order chi connectivity index (χ1) is 11.5. The highest BCUT2D eigenvalue weighted by Gasteiger charge is 2.31. The molecule has 0 spiro atoms. The Morgan fingerprint density at radius 2 is 1.79 bits per heavy atom. The molecule has 1 heterocycles. The molecule has 0 bridgehead atoms. The lowest BCUT2D eigenvalue weighted by Crippen LogP contribution is -2.51. The first kappa shape index (κ1) is 20.5. The minimum absolute atomic E-state index is 0.0241. The second-order valence-electron chi connectivity index (χ2n) is 6.36. The smallest absolute Gasteiger partial charge is 0.309 e. The van der Waals surface area contributed by atoms with Crippen LogP contribution in [0.15, 0.2) is 0 Å². The second-order valence-corrected chi connectivity index (χ2v) is 6.36. The van der Waals surface area contributed by atoms with Gasteiger partial charge in [0.2, 0.25) is 11.8 Å². The van der Waals surface area contributed by atoms with Crippen molar-refractivity contribution in [2.75, 3.05) is 19.7 Å². The third-order valence-electron chi connectivity index (χ3n) is 4.39. The van der Waals surface area contributed by atoms with Gasteiger partial charge in [-0.25, -0.2) is 0 Å². The Balaban J connectivity index is 2.53. The Hall–Kier alpha value is -1.59. The van der Waals surface area contributed by atoms with Gasteiger partial charge in [0.1, 0.15) is 6.04 Å². The summed E-state index contributed by atoms with van der Waals surface area (Å²) in [5.74, 6) is -0.352. The summed E-state index contributed by atoms with van der Waals surface area (Å²) in [6.07, 6.45) is 5.01. The fraction of sp³-hybridized carbons (Fsp3) is 0.833. The number of amides is 2. The van der Waals surface area contributed by atoms with Crippen molar-refractivity contribution in [1.29, 1.82) is 0 Å². The van der Waals surface area contributed by atoms with E-state index in [9.17, 15) is 14.4 Å². The van der Waals surface area contributed by atoms with Crippen LogP contribution in [0.5, 0.6) is 0 Å². The lowest BCUT2D eigenvalue weighted by molar-refractivity contribution is -0.151. The molecule has 0 aromatic carbocycles. The summed E-state index contributed by atoms with van der Waals surface area (Å²) in [5, 5.41) is 2.88. The van der Waals surface area contributed by atoms with Gasteiger partial charge in [-0.3, -0.25) is 14.4 Å². The highest BCUT2D eigenvalue weighted by molar-refractivity contribution is 5.87. The molecule has 0 aromatic rings. The maximum Gasteiger partial charge on any atom is 0.309 e. The number of ether oxygens (including phenoxy) is 1. The van der Waals surface area contributed by atoms with Gasteiger partial charge in [-0.05, 0) is 32.6 Å². The summed E-state index contributed by atoms with van der Waals surface area (Å²) in [7, 11) is 0. The average molecular weight is 340 g/mol. The molecule has 0 aliphatic carbocycles. The van der Waals surface area contributed by atoms with Crippen LogP contribution in [0.3, 0.4) is 0 Å². The zero-order valence-electron chi connectivity index (χ0n) is 15.3. The van der Waals surface area contributed by atoms with Crippen LogP contribution in [0.2, 0.25) is 0 Å². The van der Waals surface area contributed by atoms with Crippen molar-refractivity contribution in [2.45, 2.75) is 71.8 Å².